The molecule has 30 heavy (non-hydrogen) atoms. The van der Waals surface area contributed by atoms with Crippen molar-refractivity contribution < 1.29 is 24.0 Å². The van der Waals surface area contributed by atoms with Gasteiger partial charge in [0, 0.05) is 12.1 Å². The molecule has 8 nitrogen and oxygen atoms in total. The smallest absolute Gasteiger partial charge is 0.329 e. The number of nitrogens with zero attached hydrogens (tertiary/aromatic N) is 2. The van der Waals surface area contributed by atoms with E-state index in [1.165, 1.54) is 18.2 Å². The SMILES string of the molecule is CC(C)C[C@H](C(=O)O[C@@H](C)c1cccc([N+](=O)[O-])c1)N1C(=O)c2ccccc2C1=O. The van der Waals surface area contributed by atoms with E-state index in [-0.39, 0.29) is 29.2 Å². The molecular formula is C22H22N2O6. The zero-order valence-corrected chi connectivity index (χ0v) is 16.9. The van der Waals surface area contributed by atoms with E-state index in [0.29, 0.717) is 5.56 Å². The van der Waals surface area contributed by atoms with Crippen LogP contribution >= 0.6 is 0 Å². The van der Waals surface area contributed by atoms with Crippen molar-refractivity contribution in [3.63, 3.8) is 0 Å². The summed E-state index contributed by atoms with van der Waals surface area (Å²) in [7, 11) is 0. The fourth-order valence-corrected chi connectivity index (χ4v) is 3.46. The Bertz CT molecular complexity index is 981. The van der Waals surface area contributed by atoms with Gasteiger partial charge >= 0.3 is 5.97 Å². The standard InChI is InChI=1S/C22H22N2O6/c1-13(2)11-19(23-20(25)17-9-4-5-10-18(17)21(23)26)22(27)30-14(3)15-7-6-8-16(12-15)24(28)29/h4-10,12-14,19H,11H2,1-3H3/t14-,19+/m0/s1. The number of non-ortho nitro benzene ring substituents is 1. The van der Waals surface area contributed by atoms with Crippen molar-refractivity contribution in [2.24, 2.45) is 5.92 Å². The van der Waals surface area contributed by atoms with Gasteiger partial charge in [0.25, 0.3) is 17.5 Å². The number of carbonyl (C=O) groups is 3. The number of esters is 1. The maximum absolute atomic E-state index is 13.0. The lowest BCUT2D eigenvalue weighted by atomic mass is 10.0. The van der Waals surface area contributed by atoms with Gasteiger partial charge in [-0.1, -0.05) is 38.1 Å². The lowest BCUT2D eigenvalue weighted by Gasteiger charge is -2.27. The molecule has 0 fully saturated rings. The average Bonchev–Trinajstić information content (AvgIpc) is 2.96. The van der Waals surface area contributed by atoms with Gasteiger partial charge in [0.05, 0.1) is 16.1 Å². The third-order valence-corrected chi connectivity index (χ3v) is 4.95. The summed E-state index contributed by atoms with van der Waals surface area (Å²) in [6.07, 6.45) is -0.548. The molecule has 0 saturated carbocycles. The fourth-order valence-electron chi connectivity index (χ4n) is 3.46. The van der Waals surface area contributed by atoms with Crippen molar-refractivity contribution >= 4 is 23.5 Å². The van der Waals surface area contributed by atoms with E-state index in [9.17, 15) is 24.5 Å². The summed E-state index contributed by atoms with van der Waals surface area (Å²) >= 11 is 0. The molecule has 2 atom stereocenters. The monoisotopic (exact) mass is 410 g/mol. The molecule has 0 N–H and O–H groups in total. The first-order valence-corrected chi connectivity index (χ1v) is 9.62. The highest BCUT2D eigenvalue weighted by molar-refractivity contribution is 6.22. The first kappa shape index (κ1) is 21.2. The second kappa shape index (κ2) is 8.44. The maximum Gasteiger partial charge on any atom is 0.329 e. The molecule has 0 spiro atoms. The third-order valence-electron chi connectivity index (χ3n) is 4.95. The second-order valence-corrected chi connectivity index (χ2v) is 7.60. The Morgan fingerprint density at radius 3 is 2.17 bits per heavy atom. The van der Waals surface area contributed by atoms with Crippen LogP contribution in [-0.4, -0.2) is 33.6 Å². The molecule has 1 heterocycles. The normalized spacial score (nSPS) is 15.1. The number of carbonyl (C=O) groups excluding carboxylic acids is 3. The van der Waals surface area contributed by atoms with Crippen molar-refractivity contribution in [2.75, 3.05) is 0 Å². The Hall–Kier alpha value is -3.55. The van der Waals surface area contributed by atoms with E-state index < -0.39 is 34.9 Å². The second-order valence-electron chi connectivity index (χ2n) is 7.60. The molecule has 0 aliphatic carbocycles. The molecule has 156 valence electrons. The van der Waals surface area contributed by atoms with E-state index in [2.05, 4.69) is 0 Å². The van der Waals surface area contributed by atoms with Gasteiger partial charge in [-0.3, -0.25) is 24.6 Å². The van der Waals surface area contributed by atoms with E-state index in [4.69, 9.17) is 4.74 Å². The van der Waals surface area contributed by atoms with Crippen LogP contribution in [0.1, 0.15) is 59.6 Å². The van der Waals surface area contributed by atoms with Crippen molar-refractivity contribution in [3.05, 3.63) is 75.3 Å². The number of hydrogen-bond acceptors (Lipinski definition) is 6. The van der Waals surface area contributed by atoms with Crippen LogP contribution in [0.15, 0.2) is 48.5 Å². The van der Waals surface area contributed by atoms with E-state index in [0.717, 1.165) is 4.90 Å². The summed E-state index contributed by atoms with van der Waals surface area (Å²) in [5.74, 6) is -1.76. The summed E-state index contributed by atoms with van der Waals surface area (Å²) in [5.41, 5.74) is 0.851. The predicted molar refractivity (Wildman–Crippen MR) is 108 cm³/mol. The molecule has 0 radical (unpaired) electrons. The number of hydrogen-bond donors (Lipinski definition) is 0. The van der Waals surface area contributed by atoms with Crippen LogP contribution in [0.25, 0.3) is 0 Å². The summed E-state index contributed by atoms with van der Waals surface area (Å²) in [6, 6.07) is 11.1. The minimum absolute atomic E-state index is 0.0139. The summed E-state index contributed by atoms with van der Waals surface area (Å²) in [4.78, 5) is 50.1. The molecule has 3 rings (SSSR count). The minimum atomic E-state index is -1.08. The summed E-state index contributed by atoms with van der Waals surface area (Å²) < 4.78 is 5.53. The van der Waals surface area contributed by atoms with Gasteiger partial charge in [-0.05, 0) is 37.0 Å². The number of nitro benzene ring substituents is 1. The Morgan fingerprint density at radius 2 is 1.63 bits per heavy atom. The highest BCUT2D eigenvalue weighted by atomic mass is 16.6. The van der Waals surface area contributed by atoms with Crippen molar-refractivity contribution in [3.8, 4) is 0 Å². The van der Waals surface area contributed by atoms with Gasteiger partial charge in [-0.25, -0.2) is 4.79 Å². The molecule has 1 aliphatic heterocycles. The molecule has 0 bridgehead atoms. The highest BCUT2D eigenvalue weighted by Crippen LogP contribution is 2.29. The van der Waals surface area contributed by atoms with Crippen LogP contribution in [-0.2, 0) is 9.53 Å². The van der Waals surface area contributed by atoms with Crippen LogP contribution in [0.5, 0.6) is 0 Å². The van der Waals surface area contributed by atoms with Gasteiger partial charge in [-0.15, -0.1) is 0 Å². The molecule has 0 saturated heterocycles. The van der Waals surface area contributed by atoms with Gasteiger partial charge in [-0.2, -0.15) is 0 Å². The first-order chi connectivity index (χ1) is 14.2. The van der Waals surface area contributed by atoms with Gasteiger partial charge < -0.3 is 4.74 Å². The average molecular weight is 410 g/mol. The Balaban J connectivity index is 1.85. The predicted octanol–water partition coefficient (Wildman–Crippen LogP) is 3.91. The lowest BCUT2D eigenvalue weighted by Crippen LogP contribution is -2.46. The van der Waals surface area contributed by atoms with E-state index in [1.807, 2.05) is 13.8 Å². The van der Waals surface area contributed by atoms with Crippen LogP contribution < -0.4 is 0 Å². The molecule has 2 amide bonds. The van der Waals surface area contributed by atoms with E-state index >= 15 is 0 Å². The zero-order valence-electron chi connectivity index (χ0n) is 16.9. The minimum Gasteiger partial charge on any atom is -0.456 e. The Kier molecular flexibility index (Phi) is 5.96. The van der Waals surface area contributed by atoms with Gasteiger partial charge in [0.1, 0.15) is 12.1 Å². The molecule has 0 unspecified atom stereocenters. The number of nitro groups is 1. The largest absolute Gasteiger partial charge is 0.456 e. The quantitative estimate of drug-likeness (QED) is 0.296. The molecular weight excluding hydrogens is 388 g/mol. The topological polar surface area (TPSA) is 107 Å². The number of ether oxygens (including phenoxy) is 1. The third kappa shape index (κ3) is 4.07. The number of imide groups is 1. The van der Waals surface area contributed by atoms with Crippen molar-refractivity contribution in [2.45, 2.75) is 39.3 Å². The van der Waals surface area contributed by atoms with Gasteiger partial charge in [0.2, 0.25) is 0 Å². The lowest BCUT2D eigenvalue weighted by molar-refractivity contribution is -0.385. The summed E-state index contributed by atoms with van der Waals surface area (Å²) in [6.45, 7) is 5.34. The van der Waals surface area contributed by atoms with E-state index in [1.54, 1.807) is 37.3 Å². The first-order valence-electron chi connectivity index (χ1n) is 9.62. The highest BCUT2D eigenvalue weighted by Gasteiger charge is 2.43. The molecule has 2 aromatic rings. The maximum atomic E-state index is 13.0. The number of benzene rings is 2. The van der Waals surface area contributed by atoms with Crippen LogP contribution in [0, 0.1) is 16.0 Å². The fraction of sp³-hybridized carbons (Fsp3) is 0.318. The van der Waals surface area contributed by atoms with Crippen LogP contribution in [0.3, 0.4) is 0 Å². The number of amides is 2. The molecule has 2 aromatic carbocycles. The van der Waals surface area contributed by atoms with Crippen LogP contribution in [0.2, 0.25) is 0 Å². The van der Waals surface area contributed by atoms with Crippen LogP contribution in [0.4, 0.5) is 5.69 Å². The zero-order chi connectivity index (χ0) is 22.0. The number of fused-ring (bicyclic) bond motifs is 1. The molecule has 1 aliphatic rings. The summed E-state index contributed by atoms with van der Waals surface area (Å²) in [5, 5.41) is 11.0. The Morgan fingerprint density at radius 1 is 1.03 bits per heavy atom. The Labute approximate surface area is 173 Å². The molecule has 0 aromatic heterocycles. The van der Waals surface area contributed by atoms with Crippen molar-refractivity contribution in [1.29, 1.82) is 0 Å². The number of rotatable bonds is 7. The van der Waals surface area contributed by atoms with Gasteiger partial charge in [0.15, 0.2) is 0 Å². The molecule has 8 heteroatoms. The van der Waals surface area contributed by atoms with Crippen molar-refractivity contribution in [1.82, 2.24) is 4.90 Å².